The Morgan fingerprint density at radius 2 is 1.48 bits per heavy atom. The van der Waals surface area contributed by atoms with Crippen LogP contribution in [0.4, 0.5) is 11.4 Å². The highest BCUT2D eigenvalue weighted by atomic mass is 35.5. The molecule has 0 spiro atoms. The first-order valence-corrected chi connectivity index (χ1v) is 6.73. The summed E-state index contributed by atoms with van der Waals surface area (Å²) in [4.78, 5) is 11.9. The molecule has 0 aromatic heterocycles. The normalized spacial score (nSPS) is 11.0. The number of amides is 1. The van der Waals surface area contributed by atoms with Crippen molar-refractivity contribution < 1.29 is 4.79 Å². The molecular formula is C14H12Cl2N4O. The van der Waals surface area contributed by atoms with Crippen LogP contribution in [0.15, 0.2) is 53.6 Å². The predicted molar refractivity (Wildman–Crippen MR) is 86.8 cm³/mol. The quantitative estimate of drug-likeness (QED) is 0.460. The Kier molecular flexibility index (Phi) is 5.03. The smallest absolute Gasteiger partial charge is 0.292 e. The summed E-state index contributed by atoms with van der Waals surface area (Å²) < 4.78 is 0. The highest BCUT2D eigenvalue weighted by Crippen LogP contribution is 2.21. The monoisotopic (exact) mass is 322 g/mol. The van der Waals surface area contributed by atoms with Crippen LogP contribution in [0.1, 0.15) is 0 Å². The van der Waals surface area contributed by atoms with Crippen LogP contribution in [-0.4, -0.2) is 11.7 Å². The van der Waals surface area contributed by atoms with Crippen molar-refractivity contribution in [3.05, 3.63) is 58.6 Å². The average Bonchev–Trinajstić information content (AvgIpc) is 2.48. The minimum atomic E-state index is -0.567. The summed E-state index contributed by atoms with van der Waals surface area (Å²) in [6, 6.07) is 13.8. The third kappa shape index (κ3) is 4.11. The number of nitrogens with one attached hydrogen (secondary N) is 2. The lowest BCUT2D eigenvalue weighted by Gasteiger charge is -2.07. The maximum atomic E-state index is 11.9. The van der Waals surface area contributed by atoms with Crippen molar-refractivity contribution in [1.29, 1.82) is 0 Å². The molecule has 0 aliphatic rings. The summed E-state index contributed by atoms with van der Waals surface area (Å²) in [7, 11) is 0. The number of anilines is 2. The number of nitrogens with zero attached hydrogens (tertiary/aromatic N) is 1. The largest absolute Gasteiger partial charge is 0.378 e. The van der Waals surface area contributed by atoms with Crippen LogP contribution >= 0.6 is 23.2 Å². The van der Waals surface area contributed by atoms with Gasteiger partial charge in [-0.3, -0.25) is 10.2 Å². The van der Waals surface area contributed by atoms with E-state index in [1.807, 2.05) is 0 Å². The van der Waals surface area contributed by atoms with E-state index in [0.29, 0.717) is 21.4 Å². The highest BCUT2D eigenvalue weighted by Gasteiger charge is 2.09. The molecule has 21 heavy (non-hydrogen) atoms. The van der Waals surface area contributed by atoms with Crippen molar-refractivity contribution in [2.45, 2.75) is 0 Å². The summed E-state index contributed by atoms with van der Waals surface area (Å²) in [6.45, 7) is 0. The number of hydrazone groups is 1. The summed E-state index contributed by atoms with van der Waals surface area (Å²) in [5.74, 6) is -0.808. The molecule has 0 fully saturated rings. The Labute approximate surface area is 131 Å². The van der Waals surface area contributed by atoms with Crippen molar-refractivity contribution >= 4 is 46.3 Å². The zero-order chi connectivity index (χ0) is 15.2. The van der Waals surface area contributed by atoms with Gasteiger partial charge < -0.3 is 11.1 Å². The number of hydrogen-bond acceptors (Lipinski definition) is 3. The molecule has 2 aromatic rings. The minimum absolute atomic E-state index is 0.241. The molecule has 4 N–H and O–H groups in total. The van der Waals surface area contributed by atoms with Gasteiger partial charge in [-0.15, -0.1) is 0 Å². The van der Waals surface area contributed by atoms with Crippen LogP contribution < -0.4 is 16.5 Å². The third-order valence-electron chi connectivity index (χ3n) is 2.53. The van der Waals surface area contributed by atoms with E-state index in [0.717, 1.165) is 0 Å². The Morgan fingerprint density at radius 1 is 0.952 bits per heavy atom. The standard InChI is InChI=1S/C14H12Cl2N4O/c15-9-5-1-3-7-11(9)18-14(21)13(17)20-19-12-8-4-2-6-10(12)16/h1-8,19H,(H2,17,20)(H,18,21). The topological polar surface area (TPSA) is 79.5 Å². The molecule has 1 amide bonds. The fourth-order valence-electron chi connectivity index (χ4n) is 1.47. The number of nitrogens with two attached hydrogens (primary N) is 1. The molecular weight excluding hydrogens is 311 g/mol. The summed E-state index contributed by atoms with van der Waals surface area (Å²) in [5, 5.41) is 7.23. The van der Waals surface area contributed by atoms with Crippen LogP contribution in [0.3, 0.4) is 0 Å². The second-order valence-electron chi connectivity index (χ2n) is 4.02. The van der Waals surface area contributed by atoms with E-state index in [1.54, 1.807) is 48.5 Å². The molecule has 0 bridgehead atoms. The van der Waals surface area contributed by atoms with Crippen LogP contribution in [-0.2, 0) is 4.79 Å². The van der Waals surface area contributed by atoms with Gasteiger partial charge in [0.15, 0.2) is 0 Å². The lowest BCUT2D eigenvalue weighted by atomic mass is 10.3. The van der Waals surface area contributed by atoms with Gasteiger partial charge in [-0.25, -0.2) is 0 Å². The van der Waals surface area contributed by atoms with Crippen LogP contribution in [0.5, 0.6) is 0 Å². The van der Waals surface area contributed by atoms with E-state index in [9.17, 15) is 4.79 Å². The lowest BCUT2D eigenvalue weighted by molar-refractivity contribution is -0.110. The average molecular weight is 323 g/mol. The van der Waals surface area contributed by atoms with Gasteiger partial charge in [0.2, 0.25) is 5.84 Å². The first kappa shape index (κ1) is 15.2. The number of hydrogen-bond donors (Lipinski definition) is 3. The Hall–Kier alpha value is -2.24. The number of rotatable bonds is 3. The molecule has 7 heteroatoms. The van der Waals surface area contributed by atoms with Crippen LogP contribution in [0, 0.1) is 0 Å². The summed E-state index contributed by atoms with van der Waals surface area (Å²) in [5.41, 5.74) is 9.24. The minimum Gasteiger partial charge on any atom is -0.378 e. The van der Waals surface area contributed by atoms with E-state index >= 15 is 0 Å². The van der Waals surface area contributed by atoms with Gasteiger partial charge >= 0.3 is 0 Å². The summed E-state index contributed by atoms with van der Waals surface area (Å²) in [6.07, 6.45) is 0. The molecule has 0 atom stereocenters. The van der Waals surface area contributed by atoms with Gasteiger partial charge in [-0.05, 0) is 24.3 Å². The fraction of sp³-hybridized carbons (Fsp3) is 0. The molecule has 0 saturated heterocycles. The number of halogens is 2. The zero-order valence-electron chi connectivity index (χ0n) is 10.8. The number of benzene rings is 2. The van der Waals surface area contributed by atoms with Gasteiger partial charge in [-0.2, -0.15) is 5.10 Å². The molecule has 108 valence electrons. The molecule has 0 aliphatic heterocycles. The van der Waals surface area contributed by atoms with E-state index in [1.165, 1.54) is 0 Å². The molecule has 2 aromatic carbocycles. The van der Waals surface area contributed by atoms with Gasteiger partial charge in [0, 0.05) is 0 Å². The van der Waals surface area contributed by atoms with Crippen molar-refractivity contribution in [2.75, 3.05) is 10.7 Å². The molecule has 5 nitrogen and oxygen atoms in total. The van der Waals surface area contributed by atoms with Gasteiger partial charge in [0.05, 0.1) is 21.4 Å². The van der Waals surface area contributed by atoms with E-state index in [2.05, 4.69) is 15.8 Å². The van der Waals surface area contributed by atoms with Crippen molar-refractivity contribution in [3.8, 4) is 0 Å². The maximum absolute atomic E-state index is 11.9. The van der Waals surface area contributed by atoms with Gasteiger partial charge in [0.1, 0.15) is 0 Å². The Bertz CT molecular complexity index is 688. The predicted octanol–water partition coefficient (Wildman–Crippen LogP) is 3.32. The molecule has 0 aliphatic carbocycles. The maximum Gasteiger partial charge on any atom is 0.292 e. The Balaban J connectivity index is 2.04. The number of para-hydroxylation sites is 2. The fourth-order valence-corrected chi connectivity index (χ4v) is 1.83. The number of carbonyl (C=O) groups is 1. The summed E-state index contributed by atoms with van der Waals surface area (Å²) >= 11 is 11.9. The van der Waals surface area contributed by atoms with Crippen LogP contribution in [0.2, 0.25) is 10.0 Å². The van der Waals surface area contributed by atoms with E-state index in [-0.39, 0.29) is 5.84 Å². The molecule has 0 radical (unpaired) electrons. The van der Waals surface area contributed by atoms with Crippen LogP contribution in [0.25, 0.3) is 0 Å². The van der Waals surface area contributed by atoms with Gasteiger partial charge in [0.25, 0.3) is 5.91 Å². The Morgan fingerprint density at radius 3 is 2.05 bits per heavy atom. The third-order valence-corrected chi connectivity index (χ3v) is 3.18. The first-order chi connectivity index (χ1) is 10.1. The molecule has 2 rings (SSSR count). The number of amidine groups is 1. The lowest BCUT2D eigenvalue weighted by Crippen LogP contribution is -2.31. The zero-order valence-corrected chi connectivity index (χ0v) is 12.3. The van der Waals surface area contributed by atoms with E-state index < -0.39 is 5.91 Å². The number of carbonyl (C=O) groups excluding carboxylic acids is 1. The van der Waals surface area contributed by atoms with Crippen molar-refractivity contribution in [1.82, 2.24) is 0 Å². The van der Waals surface area contributed by atoms with E-state index in [4.69, 9.17) is 28.9 Å². The SMILES string of the molecule is N/C(=N\Nc1ccccc1Cl)C(=O)Nc1ccccc1Cl. The molecule has 0 unspecified atom stereocenters. The molecule has 0 heterocycles. The second kappa shape index (κ2) is 6.97. The van der Waals surface area contributed by atoms with Crippen molar-refractivity contribution in [2.24, 2.45) is 10.8 Å². The first-order valence-electron chi connectivity index (χ1n) is 5.97. The highest BCUT2D eigenvalue weighted by molar-refractivity contribution is 6.43. The van der Waals surface area contributed by atoms with Gasteiger partial charge in [-0.1, -0.05) is 47.5 Å². The van der Waals surface area contributed by atoms with Crippen molar-refractivity contribution in [3.63, 3.8) is 0 Å². The molecule has 0 saturated carbocycles. The second-order valence-corrected chi connectivity index (χ2v) is 4.84.